The minimum Gasteiger partial charge on any atom is -0.307 e. The third-order valence-corrected chi connectivity index (χ3v) is 2.74. The van der Waals surface area contributed by atoms with Gasteiger partial charge in [0.2, 0.25) is 5.91 Å². The Kier molecular flexibility index (Phi) is 4.25. The third-order valence-electron chi connectivity index (χ3n) is 2.21. The molecule has 0 unspecified atom stereocenters. The summed E-state index contributed by atoms with van der Waals surface area (Å²) >= 11 is 3.36. The van der Waals surface area contributed by atoms with E-state index >= 15 is 0 Å². The molecular formula is C14H11BrN2O. The number of nitrogens with one attached hydrogen (secondary N) is 1. The first kappa shape index (κ1) is 12.5. The molecule has 0 aliphatic rings. The van der Waals surface area contributed by atoms with Crippen molar-refractivity contribution < 1.29 is 4.79 Å². The van der Waals surface area contributed by atoms with Crippen molar-refractivity contribution in [2.75, 3.05) is 5.32 Å². The van der Waals surface area contributed by atoms with Gasteiger partial charge in [-0.15, -0.1) is 0 Å². The van der Waals surface area contributed by atoms with Crippen LogP contribution in [0.3, 0.4) is 0 Å². The molecule has 0 atom stereocenters. The summed E-state index contributed by atoms with van der Waals surface area (Å²) in [5.74, 6) is 0.347. The van der Waals surface area contributed by atoms with Crippen molar-refractivity contribution >= 4 is 33.7 Å². The Morgan fingerprint density at radius 1 is 1.17 bits per heavy atom. The molecule has 0 radical (unpaired) electrons. The maximum Gasteiger partial charge on any atom is 0.249 e. The van der Waals surface area contributed by atoms with Crippen LogP contribution in [0.2, 0.25) is 0 Å². The molecule has 1 heterocycles. The fraction of sp³-hybridized carbons (Fsp3) is 0. The van der Waals surface area contributed by atoms with Gasteiger partial charge in [0.25, 0.3) is 0 Å². The standard InChI is InChI=1S/C14H11BrN2O/c15-12-7-4-11(5-8-12)6-9-14(18)17-13-3-1-2-10-16-13/h1-10H,(H,16,17,18)/b9-6+. The number of anilines is 1. The Morgan fingerprint density at radius 3 is 2.61 bits per heavy atom. The van der Waals surface area contributed by atoms with Crippen molar-refractivity contribution in [3.05, 3.63) is 64.8 Å². The van der Waals surface area contributed by atoms with Gasteiger partial charge in [-0.1, -0.05) is 34.1 Å². The lowest BCUT2D eigenvalue weighted by Crippen LogP contribution is -2.08. The quantitative estimate of drug-likeness (QED) is 0.882. The lowest BCUT2D eigenvalue weighted by Gasteiger charge is -1.99. The zero-order valence-corrected chi connectivity index (χ0v) is 11.1. The molecule has 0 fully saturated rings. The van der Waals surface area contributed by atoms with Crippen LogP contribution in [0.1, 0.15) is 5.56 Å². The van der Waals surface area contributed by atoms with Gasteiger partial charge >= 0.3 is 0 Å². The largest absolute Gasteiger partial charge is 0.307 e. The summed E-state index contributed by atoms with van der Waals surface area (Å²) in [4.78, 5) is 15.6. The van der Waals surface area contributed by atoms with Gasteiger partial charge < -0.3 is 5.32 Å². The number of carbonyl (C=O) groups is 1. The van der Waals surface area contributed by atoms with Crippen LogP contribution in [0.25, 0.3) is 6.08 Å². The minimum absolute atomic E-state index is 0.198. The Morgan fingerprint density at radius 2 is 1.94 bits per heavy atom. The Hall–Kier alpha value is -1.94. The molecule has 2 rings (SSSR count). The molecule has 0 saturated heterocycles. The first-order valence-electron chi connectivity index (χ1n) is 5.40. The highest BCUT2D eigenvalue weighted by atomic mass is 79.9. The number of pyridine rings is 1. The van der Waals surface area contributed by atoms with E-state index in [9.17, 15) is 4.79 Å². The molecule has 18 heavy (non-hydrogen) atoms. The first-order chi connectivity index (χ1) is 8.74. The number of hydrogen-bond acceptors (Lipinski definition) is 2. The molecule has 4 heteroatoms. The van der Waals surface area contributed by atoms with E-state index in [0.717, 1.165) is 10.0 Å². The average molecular weight is 303 g/mol. The molecule has 90 valence electrons. The number of aromatic nitrogens is 1. The third kappa shape index (κ3) is 3.82. The molecule has 0 aliphatic heterocycles. The lowest BCUT2D eigenvalue weighted by molar-refractivity contribution is -0.111. The van der Waals surface area contributed by atoms with Crippen LogP contribution in [-0.2, 0) is 4.79 Å². The van der Waals surface area contributed by atoms with Gasteiger partial charge in [0, 0.05) is 16.7 Å². The van der Waals surface area contributed by atoms with Crippen LogP contribution < -0.4 is 5.32 Å². The molecule has 1 amide bonds. The van der Waals surface area contributed by atoms with E-state index in [-0.39, 0.29) is 5.91 Å². The summed E-state index contributed by atoms with van der Waals surface area (Å²) in [5.41, 5.74) is 0.967. The minimum atomic E-state index is -0.198. The molecular weight excluding hydrogens is 292 g/mol. The molecule has 1 aromatic heterocycles. The van der Waals surface area contributed by atoms with Gasteiger partial charge in [0.1, 0.15) is 5.82 Å². The van der Waals surface area contributed by atoms with Gasteiger partial charge in [-0.05, 0) is 35.9 Å². The number of hydrogen-bond donors (Lipinski definition) is 1. The molecule has 0 saturated carbocycles. The first-order valence-corrected chi connectivity index (χ1v) is 6.19. The fourth-order valence-corrected chi connectivity index (χ4v) is 1.61. The molecule has 1 aromatic carbocycles. The van der Waals surface area contributed by atoms with E-state index in [1.807, 2.05) is 30.3 Å². The van der Waals surface area contributed by atoms with Crippen LogP contribution in [0.4, 0.5) is 5.82 Å². The Labute approximate surface area is 114 Å². The van der Waals surface area contributed by atoms with Crippen LogP contribution in [-0.4, -0.2) is 10.9 Å². The predicted octanol–water partition coefficient (Wildman–Crippen LogP) is 3.50. The Bertz CT molecular complexity index is 550. The molecule has 0 aliphatic carbocycles. The summed E-state index contributed by atoms with van der Waals surface area (Å²) in [7, 11) is 0. The van der Waals surface area contributed by atoms with E-state index in [2.05, 4.69) is 26.2 Å². The second-order valence-corrected chi connectivity index (χ2v) is 4.50. The van der Waals surface area contributed by atoms with Crippen LogP contribution in [0, 0.1) is 0 Å². The molecule has 3 nitrogen and oxygen atoms in total. The monoisotopic (exact) mass is 302 g/mol. The number of benzene rings is 1. The Balaban J connectivity index is 1.97. The van der Waals surface area contributed by atoms with Crippen LogP contribution >= 0.6 is 15.9 Å². The smallest absolute Gasteiger partial charge is 0.249 e. The topological polar surface area (TPSA) is 42.0 Å². The van der Waals surface area contributed by atoms with Gasteiger partial charge in [0.05, 0.1) is 0 Å². The van der Waals surface area contributed by atoms with E-state index in [0.29, 0.717) is 5.82 Å². The number of halogens is 1. The van der Waals surface area contributed by atoms with Crippen molar-refractivity contribution in [1.82, 2.24) is 4.98 Å². The van der Waals surface area contributed by atoms with E-state index in [1.54, 1.807) is 24.4 Å². The van der Waals surface area contributed by atoms with Gasteiger partial charge in [-0.3, -0.25) is 4.79 Å². The van der Waals surface area contributed by atoms with Crippen molar-refractivity contribution in [3.8, 4) is 0 Å². The SMILES string of the molecule is O=C(/C=C/c1ccc(Br)cc1)Nc1ccccn1. The van der Waals surface area contributed by atoms with Gasteiger partial charge in [-0.2, -0.15) is 0 Å². The van der Waals surface area contributed by atoms with E-state index in [1.165, 1.54) is 6.08 Å². The number of nitrogens with zero attached hydrogens (tertiary/aromatic N) is 1. The fourth-order valence-electron chi connectivity index (χ4n) is 1.35. The maximum atomic E-state index is 11.6. The zero-order valence-electron chi connectivity index (χ0n) is 9.51. The zero-order chi connectivity index (χ0) is 12.8. The molecule has 1 N–H and O–H groups in total. The summed E-state index contributed by atoms with van der Waals surface area (Å²) < 4.78 is 1.01. The average Bonchev–Trinajstić information content (AvgIpc) is 2.39. The highest BCUT2D eigenvalue weighted by Gasteiger charge is 1.97. The summed E-state index contributed by atoms with van der Waals surface area (Å²) in [5, 5.41) is 2.68. The summed E-state index contributed by atoms with van der Waals surface area (Å²) in [6.45, 7) is 0. The second-order valence-electron chi connectivity index (χ2n) is 3.59. The van der Waals surface area contributed by atoms with E-state index < -0.39 is 0 Å². The maximum absolute atomic E-state index is 11.6. The summed E-state index contributed by atoms with van der Waals surface area (Å²) in [6, 6.07) is 13.1. The van der Waals surface area contributed by atoms with Crippen LogP contribution in [0.5, 0.6) is 0 Å². The second kappa shape index (κ2) is 6.12. The molecule has 0 bridgehead atoms. The highest BCUT2D eigenvalue weighted by Crippen LogP contribution is 2.11. The number of carbonyl (C=O) groups excluding carboxylic acids is 1. The van der Waals surface area contributed by atoms with Gasteiger partial charge in [0.15, 0.2) is 0 Å². The predicted molar refractivity (Wildman–Crippen MR) is 76.0 cm³/mol. The highest BCUT2D eigenvalue weighted by molar-refractivity contribution is 9.10. The van der Waals surface area contributed by atoms with Crippen molar-refractivity contribution in [3.63, 3.8) is 0 Å². The van der Waals surface area contributed by atoms with Crippen molar-refractivity contribution in [1.29, 1.82) is 0 Å². The van der Waals surface area contributed by atoms with Gasteiger partial charge in [-0.25, -0.2) is 4.98 Å². The lowest BCUT2D eigenvalue weighted by atomic mass is 10.2. The van der Waals surface area contributed by atoms with Crippen LogP contribution in [0.15, 0.2) is 59.2 Å². The van der Waals surface area contributed by atoms with Crippen molar-refractivity contribution in [2.24, 2.45) is 0 Å². The summed E-state index contributed by atoms with van der Waals surface area (Å²) in [6.07, 6.45) is 4.87. The number of amides is 1. The van der Waals surface area contributed by atoms with E-state index in [4.69, 9.17) is 0 Å². The molecule has 2 aromatic rings. The number of rotatable bonds is 3. The normalized spacial score (nSPS) is 10.5. The van der Waals surface area contributed by atoms with Crippen molar-refractivity contribution in [2.45, 2.75) is 0 Å². The molecule has 0 spiro atoms.